The molecule has 106 valence electrons. The Bertz CT molecular complexity index is 689. The highest BCUT2D eigenvalue weighted by atomic mass is 32.1. The average Bonchev–Trinajstić information content (AvgIpc) is 2.95. The number of aryl methyl sites for hydroxylation is 3. The second-order valence-electron chi connectivity index (χ2n) is 4.77. The zero-order valence-corrected chi connectivity index (χ0v) is 13.7. The van der Waals surface area contributed by atoms with E-state index in [2.05, 4.69) is 0 Å². The van der Waals surface area contributed by atoms with Crippen molar-refractivity contribution in [3.8, 4) is 0 Å². The van der Waals surface area contributed by atoms with Gasteiger partial charge in [-0.25, -0.2) is 0 Å². The lowest BCUT2D eigenvalue weighted by Crippen LogP contribution is -2.18. The summed E-state index contributed by atoms with van der Waals surface area (Å²) in [5.41, 5.74) is 2.94. The van der Waals surface area contributed by atoms with Gasteiger partial charge in [0.2, 0.25) is 0 Å². The number of rotatable bonds is 4. The van der Waals surface area contributed by atoms with E-state index in [1.165, 1.54) is 18.4 Å². The maximum absolute atomic E-state index is 13.1. The first-order chi connectivity index (χ1) is 9.40. The second kappa shape index (κ2) is 5.65. The molecule has 1 unspecified atom stereocenters. The number of carbonyl (C=O) groups excluding carboxylic acids is 1. The molecule has 0 saturated carbocycles. The van der Waals surface area contributed by atoms with E-state index in [0.717, 1.165) is 16.7 Å². The van der Waals surface area contributed by atoms with Crippen molar-refractivity contribution in [2.24, 2.45) is 0 Å². The van der Waals surface area contributed by atoms with Crippen LogP contribution in [-0.2, 0) is 9.09 Å². The first-order valence-electron chi connectivity index (χ1n) is 6.21. The Morgan fingerprint density at radius 1 is 1.15 bits per heavy atom. The topological polar surface area (TPSA) is 43.4 Å². The number of thiophene rings is 1. The summed E-state index contributed by atoms with van der Waals surface area (Å²) in [5.74, 6) is 0. The Morgan fingerprint density at radius 2 is 1.80 bits per heavy atom. The normalized spacial score (nSPS) is 14.0. The van der Waals surface area contributed by atoms with E-state index >= 15 is 0 Å². The van der Waals surface area contributed by atoms with E-state index in [4.69, 9.17) is 4.52 Å². The zero-order valence-electron chi connectivity index (χ0n) is 12.0. The molecule has 1 aromatic heterocycles. The summed E-state index contributed by atoms with van der Waals surface area (Å²) < 4.78 is 18.3. The van der Waals surface area contributed by atoms with Gasteiger partial charge in [-0.2, -0.15) is 11.3 Å². The Balaban J connectivity index is 2.60. The van der Waals surface area contributed by atoms with Crippen LogP contribution < -0.4 is 5.30 Å². The number of hydrogen-bond acceptors (Lipinski definition) is 4. The Labute approximate surface area is 123 Å². The Morgan fingerprint density at radius 3 is 2.35 bits per heavy atom. The van der Waals surface area contributed by atoms with Gasteiger partial charge in [0.05, 0.1) is 0 Å². The third-order valence-electron chi connectivity index (χ3n) is 3.42. The fourth-order valence-corrected chi connectivity index (χ4v) is 4.79. The molecule has 0 spiro atoms. The van der Waals surface area contributed by atoms with Gasteiger partial charge in [0.1, 0.15) is 0 Å². The van der Waals surface area contributed by atoms with Gasteiger partial charge in [-0.15, -0.1) is 0 Å². The average molecular weight is 308 g/mol. The smallest absolute Gasteiger partial charge is 0.300 e. The lowest BCUT2D eigenvalue weighted by atomic mass is 10.1. The molecule has 0 aliphatic rings. The highest BCUT2D eigenvalue weighted by molar-refractivity contribution is 7.83. The van der Waals surface area contributed by atoms with Crippen LogP contribution in [0.2, 0.25) is 0 Å². The number of hydrogen-bond donors (Lipinski definition) is 0. The number of benzene rings is 1. The number of carbonyl (C=O) groups is 1. The summed E-state index contributed by atoms with van der Waals surface area (Å²) in [7, 11) is -2.22. The molecule has 0 aliphatic heterocycles. The van der Waals surface area contributed by atoms with Crippen molar-refractivity contribution in [1.29, 1.82) is 0 Å². The summed E-state index contributed by atoms with van der Waals surface area (Å²) in [6.45, 7) is 5.78. The van der Waals surface area contributed by atoms with Crippen LogP contribution >= 0.6 is 18.7 Å². The molecular weight excluding hydrogens is 291 g/mol. The standard InChI is InChI=1S/C15H17O3PS/c1-10-7-12(3)14(8-11(10)2)19(17,18-4)15(16)13-5-6-20-9-13/h5-9H,1-4H3. The van der Waals surface area contributed by atoms with E-state index < -0.39 is 12.9 Å². The van der Waals surface area contributed by atoms with E-state index in [-0.39, 0.29) is 0 Å². The maximum Gasteiger partial charge on any atom is 0.300 e. The van der Waals surface area contributed by atoms with Gasteiger partial charge in [0.25, 0.3) is 5.52 Å². The zero-order chi connectivity index (χ0) is 14.9. The summed E-state index contributed by atoms with van der Waals surface area (Å²) in [6.07, 6.45) is 0. The van der Waals surface area contributed by atoms with Crippen LogP contribution in [0.15, 0.2) is 29.0 Å². The fourth-order valence-electron chi connectivity index (χ4n) is 2.11. The van der Waals surface area contributed by atoms with Gasteiger partial charge < -0.3 is 4.52 Å². The summed E-state index contributed by atoms with van der Waals surface area (Å²) >= 11 is 1.40. The van der Waals surface area contributed by atoms with Crippen molar-refractivity contribution in [3.05, 3.63) is 51.2 Å². The molecule has 0 radical (unpaired) electrons. The van der Waals surface area contributed by atoms with Gasteiger partial charge in [0, 0.05) is 23.4 Å². The molecule has 0 bridgehead atoms. The van der Waals surface area contributed by atoms with Crippen LogP contribution in [0.5, 0.6) is 0 Å². The van der Waals surface area contributed by atoms with Crippen molar-refractivity contribution in [2.75, 3.05) is 7.11 Å². The lowest BCUT2D eigenvalue weighted by Gasteiger charge is -2.18. The van der Waals surface area contributed by atoms with Gasteiger partial charge in [-0.05, 0) is 55.0 Å². The first kappa shape index (κ1) is 15.2. The van der Waals surface area contributed by atoms with Gasteiger partial charge in [-0.3, -0.25) is 9.36 Å². The van der Waals surface area contributed by atoms with E-state index in [9.17, 15) is 9.36 Å². The first-order valence-corrected chi connectivity index (χ1v) is 8.78. The Hall–Kier alpha value is -1.22. The van der Waals surface area contributed by atoms with Crippen LogP contribution in [-0.4, -0.2) is 12.6 Å². The molecule has 20 heavy (non-hydrogen) atoms. The van der Waals surface area contributed by atoms with E-state index in [0.29, 0.717) is 10.9 Å². The quantitative estimate of drug-likeness (QED) is 0.800. The predicted octanol–water partition coefficient (Wildman–Crippen LogP) is 4.06. The third kappa shape index (κ3) is 2.51. The van der Waals surface area contributed by atoms with E-state index in [1.807, 2.05) is 26.8 Å². The highest BCUT2D eigenvalue weighted by Gasteiger charge is 2.36. The highest BCUT2D eigenvalue weighted by Crippen LogP contribution is 2.49. The molecule has 0 amide bonds. The molecule has 3 nitrogen and oxygen atoms in total. The van der Waals surface area contributed by atoms with Gasteiger partial charge >= 0.3 is 7.37 Å². The van der Waals surface area contributed by atoms with Gasteiger partial charge in [-0.1, -0.05) is 6.07 Å². The molecule has 1 aromatic carbocycles. The minimum atomic E-state index is -3.55. The van der Waals surface area contributed by atoms with Crippen LogP contribution in [0, 0.1) is 20.8 Å². The SMILES string of the molecule is COP(=O)(C(=O)c1ccsc1)c1cc(C)c(C)cc1C. The van der Waals surface area contributed by atoms with Crippen molar-refractivity contribution in [1.82, 2.24) is 0 Å². The molecule has 0 saturated heterocycles. The van der Waals surface area contributed by atoms with Crippen molar-refractivity contribution >= 4 is 29.5 Å². The summed E-state index contributed by atoms with van der Waals surface area (Å²) in [4.78, 5) is 12.5. The molecule has 1 atom stereocenters. The summed E-state index contributed by atoms with van der Waals surface area (Å²) in [6, 6.07) is 5.42. The minimum absolute atomic E-state index is 0.437. The predicted molar refractivity (Wildman–Crippen MR) is 83.6 cm³/mol. The molecule has 0 fully saturated rings. The van der Waals surface area contributed by atoms with Crippen molar-refractivity contribution < 1.29 is 13.9 Å². The molecule has 2 rings (SSSR count). The molecule has 0 aliphatic carbocycles. The van der Waals surface area contributed by atoms with Crippen LogP contribution in [0.3, 0.4) is 0 Å². The molecule has 2 aromatic rings. The lowest BCUT2D eigenvalue weighted by molar-refractivity contribution is 0.106. The van der Waals surface area contributed by atoms with Crippen LogP contribution in [0.25, 0.3) is 0 Å². The second-order valence-corrected chi connectivity index (χ2v) is 7.91. The Kier molecular flexibility index (Phi) is 4.28. The molecule has 0 N–H and O–H groups in total. The van der Waals surface area contributed by atoms with E-state index in [1.54, 1.807) is 22.9 Å². The van der Waals surface area contributed by atoms with Crippen LogP contribution in [0.1, 0.15) is 27.0 Å². The maximum atomic E-state index is 13.1. The third-order valence-corrected chi connectivity index (χ3v) is 6.53. The molecule has 1 heterocycles. The fraction of sp³-hybridized carbons (Fsp3) is 0.267. The summed E-state index contributed by atoms with van der Waals surface area (Å²) in [5, 5.41) is 3.99. The van der Waals surface area contributed by atoms with Crippen molar-refractivity contribution in [3.63, 3.8) is 0 Å². The molecular formula is C15H17O3PS. The van der Waals surface area contributed by atoms with Gasteiger partial charge in [0.15, 0.2) is 0 Å². The van der Waals surface area contributed by atoms with Crippen LogP contribution in [0.4, 0.5) is 0 Å². The minimum Gasteiger partial charge on any atom is -0.323 e. The monoisotopic (exact) mass is 308 g/mol. The molecule has 5 heteroatoms. The van der Waals surface area contributed by atoms with Crippen molar-refractivity contribution in [2.45, 2.75) is 20.8 Å². The largest absolute Gasteiger partial charge is 0.323 e.